The molecule has 0 spiro atoms. The molecule has 2 unspecified atom stereocenters. The quantitative estimate of drug-likeness (QED) is 0.855. The molecular weight excluding hydrogens is 244 g/mol. The van der Waals surface area contributed by atoms with Gasteiger partial charge in [0.15, 0.2) is 0 Å². The molecule has 2 atom stereocenters. The third-order valence-electron chi connectivity index (χ3n) is 2.46. The van der Waals surface area contributed by atoms with Crippen molar-refractivity contribution in [2.45, 2.75) is 26.3 Å². The van der Waals surface area contributed by atoms with Crippen LogP contribution in [0.2, 0.25) is 4.34 Å². The minimum atomic E-state index is -0.149. The van der Waals surface area contributed by atoms with Crippen LogP contribution in [0, 0.1) is 5.92 Å². The Morgan fingerprint density at radius 1 is 1.62 bits per heavy atom. The van der Waals surface area contributed by atoms with Gasteiger partial charge in [-0.2, -0.15) is 0 Å². The van der Waals surface area contributed by atoms with Crippen molar-refractivity contribution < 1.29 is 4.79 Å². The number of hydrogen-bond acceptors (Lipinski definition) is 3. The summed E-state index contributed by atoms with van der Waals surface area (Å²) in [5.74, 6) is -0.150. The van der Waals surface area contributed by atoms with Crippen LogP contribution in [0.5, 0.6) is 0 Å². The van der Waals surface area contributed by atoms with E-state index in [1.54, 1.807) is 0 Å². The highest BCUT2D eigenvalue weighted by Crippen LogP contribution is 2.28. The van der Waals surface area contributed by atoms with Crippen molar-refractivity contribution in [2.75, 3.05) is 6.54 Å². The molecule has 90 valence electrons. The van der Waals surface area contributed by atoms with E-state index in [2.05, 4.69) is 5.32 Å². The summed E-state index contributed by atoms with van der Waals surface area (Å²) in [6, 6.07) is 3.84. The van der Waals surface area contributed by atoms with E-state index < -0.39 is 0 Å². The summed E-state index contributed by atoms with van der Waals surface area (Å²) in [5.41, 5.74) is 5.45. The molecule has 0 radical (unpaired) electrons. The number of amides is 1. The molecule has 1 amide bonds. The Balaban J connectivity index is 2.66. The Hall–Kier alpha value is -0.580. The van der Waals surface area contributed by atoms with E-state index in [1.165, 1.54) is 11.3 Å². The molecule has 1 aromatic rings. The molecular formula is C11H17ClN2OS. The summed E-state index contributed by atoms with van der Waals surface area (Å²) in [4.78, 5) is 12.8. The van der Waals surface area contributed by atoms with Gasteiger partial charge in [0.2, 0.25) is 5.91 Å². The van der Waals surface area contributed by atoms with E-state index in [9.17, 15) is 4.79 Å². The van der Waals surface area contributed by atoms with Crippen molar-refractivity contribution in [1.29, 1.82) is 0 Å². The maximum Gasteiger partial charge on any atom is 0.224 e. The van der Waals surface area contributed by atoms with Crippen LogP contribution in [0.15, 0.2) is 12.1 Å². The van der Waals surface area contributed by atoms with Gasteiger partial charge in [0.1, 0.15) is 0 Å². The van der Waals surface area contributed by atoms with Gasteiger partial charge in [-0.25, -0.2) is 0 Å². The minimum Gasteiger partial charge on any atom is -0.348 e. The molecule has 1 rings (SSSR count). The molecule has 3 N–H and O–H groups in total. The van der Waals surface area contributed by atoms with Gasteiger partial charge in [0.05, 0.1) is 10.4 Å². The molecule has 0 aliphatic carbocycles. The standard InChI is InChI=1S/C11H17ClN2OS/c1-3-8(9-4-5-10(12)16-9)14-11(15)7(2)6-13/h4-5,7-8H,3,6,13H2,1-2H3,(H,14,15). The molecule has 3 nitrogen and oxygen atoms in total. The van der Waals surface area contributed by atoms with Crippen molar-refractivity contribution in [1.82, 2.24) is 5.32 Å². The van der Waals surface area contributed by atoms with Crippen LogP contribution in [0.25, 0.3) is 0 Å². The summed E-state index contributed by atoms with van der Waals surface area (Å²) < 4.78 is 0.745. The smallest absolute Gasteiger partial charge is 0.224 e. The van der Waals surface area contributed by atoms with E-state index in [0.29, 0.717) is 6.54 Å². The van der Waals surface area contributed by atoms with Crippen molar-refractivity contribution in [2.24, 2.45) is 11.7 Å². The highest BCUT2D eigenvalue weighted by atomic mass is 35.5. The van der Waals surface area contributed by atoms with Crippen molar-refractivity contribution >= 4 is 28.8 Å². The van der Waals surface area contributed by atoms with Crippen molar-refractivity contribution in [3.63, 3.8) is 0 Å². The van der Waals surface area contributed by atoms with Crippen molar-refractivity contribution in [3.8, 4) is 0 Å². The Morgan fingerprint density at radius 3 is 2.75 bits per heavy atom. The molecule has 5 heteroatoms. The predicted octanol–water partition coefficient (Wildman–Crippen LogP) is 2.56. The molecule has 1 heterocycles. The molecule has 0 aliphatic rings. The Bertz CT molecular complexity index is 354. The van der Waals surface area contributed by atoms with E-state index in [-0.39, 0.29) is 17.9 Å². The van der Waals surface area contributed by atoms with Crippen LogP contribution >= 0.6 is 22.9 Å². The summed E-state index contributed by atoms with van der Waals surface area (Å²) >= 11 is 7.37. The highest BCUT2D eigenvalue weighted by Gasteiger charge is 2.17. The number of carbonyl (C=O) groups excluding carboxylic acids is 1. The second kappa shape index (κ2) is 6.23. The summed E-state index contributed by atoms with van der Waals surface area (Å²) in [7, 11) is 0. The first-order valence-electron chi connectivity index (χ1n) is 5.34. The van der Waals surface area contributed by atoms with E-state index >= 15 is 0 Å². The molecule has 0 saturated carbocycles. The lowest BCUT2D eigenvalue weighted by Gasteiger charge is -2.17. The lowest BCUT2D eigenvalue weighted by Crippen LogP contribution is -2.35. The van der Waals surface area contributed by atoms with Crippen LogP contribution in [-0.2, 0) is 4.79 Å². The number of nitrogens with two attached hydrogens (primary N) is 1. The molecule has 0 fully saturated rings. The predicted molar refractivity (Wildman–Crippen MR) is 68.7 cm³/mol. The van der Waals surface area contributed by atoms with Gasteiger partial charge in [0, 0.05) is 17.3 Å². The van der Waals surface area contributed by atoms with Crippen molar-refractivity contribution in [3.05, 3.63) is 21.3 Å². The third-order valence-corrected chi connectivity index (χ3v) is 3.81. The molecule has 0 aliphatic heterocycles. The number of hydrogen-bond donors (Lipinski definition) is 2. The third kappa shape index (κ3) is 3.47. The lowest BCUT2D eigenvalue weighted by molar-refractivity contribution is -0.125. The number of thiophene rings is 1. The van der Waals surface area contributed by atoms with Crippen LogP contribution in [0.3, 0.4) is 0 Å². The SMILES string of the molecule is CCC(NC(=O)C(C)CN)c1ccc(Cl)s1. The average Bonchev–Trinajstić information content (AvgIpc) is 2.71. The topological polar surface area (TPSA) is 55.1 Å². The first-order chi connectivity index (χ1) is 7.58. The largest absolute Gasteiger partial charge is 0.348 e. The van der Waals surface area contributed by atoms with Gasteiger partial charge in [-0.15, -0.1) is 11.3 Å². The highest BCUT2D eigenvalue weighted by molar-refractivity contribution is 7.16. The summed E-state index contributed by atoms with van der Waals surface area (Å²) in [6.45, 7) is 4.22. The lowest BCUT2D eigenvalue weighted by atomic mass is 10.1. The number of halogens is 1. The molecule has 1 aromatic heterocycles. The summed E-state index contributed by atoms with van der Waals surface area (Å²) in [5, 5.41) is 2.98. The van der Waals surface area contributed by atoms with E-state index in [0.717, 1.165) is 15.6 Å². The fourth-order valence-corrected chi connectivity index (χ4v) is 2.51. The molecule has 16 heavy (non-hydrogen) atoms. The molecule has 0 bridgehead atoms. The van der Waals surface area contributed by atoms with Gasteiger partial charge < -0.3 is 11.1 Å². The van der Waals surface area contributed by atoms with Gasteiger partial charge in [-0.05, 0) is 18.6 Å². The van der Waals surface area contributed by atoms with Gasteiger partial charge >= 0.3 is 0 Å². The minimum absolute atomic E-state index is 0.00104. The maximum atomic E-state index is 11.7. The van der Waals surface area contributed by atoms with E-state index in [1.807, 2.05) is 26.0 Å². The van der Waals surface area contributed by atoms with E-state index in [4.69, 9.17) is 17.3 Å². The monoisotopic (exact) mass is 260 g/mol. The van der Waals surface area contributed by atoms with Crippen LogP contribution in [-0.4, -0.2) is 12.5 Å². The zero-order valence-corrected chi connectivity index (χ0v) is 11.1. The number of rotatable bonds is 5. The number of nitrogens with one attached hydrogen (secondary N) is 1. The Kier molecular flexibility index (Phi) is 5.25. The Morgan fingerprint density at radius 2 is 2.31 bits per heavy atom. The van der Waals surface area contributed by atoms with Crippen LogP contribution in [0.4, 0.5) is 0 Å². The van der Waals surface area contributed by atoms with Gasteiger partial charge in [0.25, 0.3) is 0 Å². The Labute approximate surface area is 105 Å². The number of carbonyl (C=O) groups is 1. The van der Waals surface area contributed by atoms with Gasteiger partial charge in [-0.1, -0.05) is 25.4 Å². The summed E-state index contributed by atoms with van der Waals surface area (Å²) in [6.07, 6.45) is 0.847. The van der Waals surface area contributed by atoms with Gasteiger partial charge in [-0.3, -0.25) is 4.79 Å². The zero-order valence-electron chi connectivity index (χ0n) is 9.50. The maximum absolute atomic E-state index is 11.7. The average molecular weight is 261 g/mol. The first kappa shape index (κ1) is 13.5. The second-order valence-electron chi connectivity index (χ2n) is 3.75. The second-order valence-corrected chi connectivity index (χ2v) is 5.49. The molecule has 0 saturated heterocycles. The van der Waals surface area contributed by atoms with Crippen LogP contribution < -0.4 is 11.1 Å². The molecule has 0 aromatic carbocycles. The fraction of sp³-hybridized carbons (Fsp3) is 0.545. The first-order valence-corrected chi connectivity index (χ1v) is 6.53. The normalized spacial score (nSPS) is 14.5. The van der Waals surface area contributed by atoms with Crippen LogP contribution in [0.1, 0.15) is 31.2 Å². The zero-order chi connectivity index (χ0) is 12.1. The fourth-order valence-electron chi connectivity index (χ4n) is 1.31.